The molecule has 0 aliphatic carbocycles. The van der Waals surface area contributed by atoms with E-state index in [0.717, 1.165) is 51.1 Å². The molecule has 3 nitrogen and oxygen atoms in total. The van der Waals surface area contributed by atoms with Gasteiger partial charge in [0.1, 0.15) is 5.58 Å². The van der Waals surface area contributed by atoms with Crippen LogP contribution in [0, 0.1) is 0 Å². The third-order valence-electron chi connectivity index (χ3n) is 12.2. The van der Waals surface area contributed by atoms with Crippen LogP contribution in [0.3, 0.4) is 0 Å². The molecule has 60 heavy (non-hydrogen) atoms. The highest BCUT2D eigenvalue weighted by atomic mass is 16.3. The molecule has 0 fully saturated rings. The van der Waals surface area contributed by atoms with Gasteiger partial charge < -0.3 is 13.9 Å². The molecule has 0 aliphatic rings. The molecule has 0 N–H and O–H groups in total. The van der Waals surface area contributed by atoms with E-state index in [1.54, 1.807) is 0 Å². The number of rotatable bonds is 7. The minimum Gasteiger partial charge on any atom is -0.454 e. The smallest absolute Gasteiger partial charge is 0.159 e. The molecule has 0 saturated heterocycles. The van der Waals surface area contributed by atoms with Crippen LogP contribution in [0.5, 0.6) is 0 Å². The summed E-state index contributed by atoms with van der Waals surface area (Å²) in [6, 6.07) is 78.9. The predicted octanol–water partition coefficient (Wildman–Crippen LogP) is 15.7. The van der Waals surface area contributed by atoms with Crippen molar-refractivity contribution in [1.29, 1.82) is 0 Å². The summed E-state index contributed by atoms with van der Waals surface area (Å²) in [4.78, 5) is 2.39. The van der Waals surface area contributed by atoms with Gasteiger partial charge in [-0.3, -0.25) is 0 Å². The molecule has 0 radical (unpaired) electrons. The van der Waals surface area contributed by atoms with Crippen molar-refractivity contribution < 1.29 is 4.42 Å². The van der Waals surface area contributed by atoms with Gasteiger partial charge in [0.25, 0.3) is 0 Å². The molecule has 0 amide bonds. The van der Waals surface area contributed by atoms with Gasteiger partial charge in [-0.25, -0.2) is 0 Å². The molecule has 0 saturated carbocycles. The van der Waals surface area contributed by atoms with Crippen molar-refractivity contribution in [3.8, 4) is 16.8 Å². The maximum Gasteiger partial charge on any atom is 0.159 e. The third-order valence-corrected chi connectivity index (χ3v) is 12.2. The topological polar surface area (TPSA) is 21.3 Å². The summed E-state index contributed by atoms with van der Waals surface area (Å²) in [5.41, 5.74) is 13.3. The Labute approximate surface area is 347 Å². The number of hydrogen-bond acceptors (Lipinski definition) is 2. The van der Waals surface area contributed by atoms with Crippen LogP contribution in [0.15, 0.2) is 223 Å². The Balaban J connectivity index is 1.13. The monoisotopic (exact) mass is 766 g/mol. The van der Waals surface area contributed by atoms with Crippen molar-refractivity contribution in [3.05, 3.63) is 230 Å². The average molecular weight is 767 g/mol. The lowest BCUT2D eigenvalue weighted by Crippen LogP contribution is -2.11. The van der Waals surface area contributed by atoms with Crippen molar-refractivity contribution in [2.75, 3.05) is 4.90 Å². The standard InChI is InChI=1S/C57H38N2O/c1-3-14-39(15-4-1)41-26-30-46(31-27-41)58(47-32-28-40-16-7-8-18-43(40)37-47)53-36-38(35-51-55-48-22-10-9-17-42(48)29-33-54(55)60-57(51)53)34-44-19-13-24-50-49-23-11-12-25-52(49)59(56(44)50)45-20-5-2-6-21-45/h1-33,35-37H,34H2. The summed E-state index contributed by atoms with van der Waals surface area (Å²) in [7, 11) is 0. The molecular formula is C57H38N2O. The highest BCUT2D eigenvalue weighted by molar-refractivity contribution is 6.21. The lowest BCUT2D eigenvalue weighted by Gasteiger charge is -2.27. The summed E-state index contributed by atoms with van der Waals surface area (Å²) in [5, 5.41) is 9.53. The molecule has 2 aromatic heterocycles. The zero-order valence-corrected chi connectivity index (χ0v) is 32.8. The van der Waals surface area contributed by atoms with Crippen LogP contribution in [-0.2, 0) is 6.42 Å². The van der Waals surface area contributed by atoms with Crippen molar-refractivity contribution in [2.24, 2.45) is 0 Å². The second-order valence-electron chi connectivity index (χ2n) is 15.7. The molecule has 0 bridgehead atoms. The van der Waals surface area contributed by atoms with Gasteiger partial charge in [-0.05, 0) is 111 Å². The number of hydrogen-bond donors (Lipinski definition) is 0. The summed E-state index contributed by atoms with van der Waals surface area (Å²) >= 11 is 0. The van der Waals surface area contributed by atoms with Gasteiger partial charge >= 0.3 is 0 Å². The van der Waals surface area contributed by atoms with Gasteiger partial charge in [0.05, 0.1) is 16.7 Å². The van der Waals surface area contributed by atoms with E-state index in [1.807, 2.05) is 0 Å². The summed E-state index contributed by atoms with van der Waals surface area (Å²) < 4.78 is 9.48. The van der Waals surface area contributed by atoms with Gasteiger partial charge in [-0.15, -0.1) is 0 Å². The molecular weight excluding hydrogens is 729 g/mol. The molecule has 10 aromatic carbocycles. The minimum atomic E-state index is 0.722. The van der Waals surface area contributed by atoms with Gasteiger partial charge in [0.2, 0.25) is 0 Å². The maximum absolute atomic E-state index is 7.04. The van der Waals surface area contributed by atoms with Crippen LogP contribution in [0.25, 0.3) is 82.1 Å². The Morgan fingerprint density at radius 1 is 0.433 bits per heavy atom. The number of benzene rings is 10. The van der Waals surface area contributed by atoms with Crippen LogP contribution in [0.4, 0.5) is 17.1 Å². The van der Waals surface area contributed by atoms with Crippen LogP contribution >= 0.6 is 0 Å². The predicted molar refractivity (Wildman–Crippen MR) is 252 cm³/mol. The van der Waals surface area contributed by atoms with Crippen molar-refractivity contribution in [2.45, 2.75) is 6.42 Å². The maximum atomic E-state index is 7.04. The van der Waals surface area contributed by atoms with Crippen LogP contribution in [-0.4, -0.2) is 4.57 Å². The van der Waals surface area contributed by atoms with Gasteiger partial charge in [-0.1, -0.05) is 158 Å². The Bertz CT molecular complexity index is 3560. The lowest BCUT2D eigenvalue weighted by molar-refractivity contribution is 0.669. The zero-order valence-electron chi connectivity index (χ0n) is 32.8. The molecule has 2 heterocycles. The van der Waals surface area contributed by atoms with Crippen LogP contribution < -0.4 is 4.90 Å². The third kappa shape index (κ3) is 5.59. The quantitative estimate of drug-likeness (QED) is 0.161. The number of nitrogens with zero attached hydrogens (tertiary/aromatic N) is 2. The Hall–Kier alpha value is -7.88. The molecule has 282 valence electrons. The Morgan fingerprint density at radius 2 is 1.08 bits per heavy atom. The van der Waals surface area contributed by atoms with E-state index in [9.17, 15) is 0 Å². The average Bonchev–Trinajstić information content (AvgIpc) is 3.87. The van der Waals surface area contributed by atoms with Crippen LogP contribution in [0.2, 0.25) is 0 Å². The number of anilines is 3. The van der Waals surface area contributed by atoms with E-state index in [-0.39, 0.29) is 0 Å². The fourth-order valence-corrected chi connectivity index (χ4v) is 9.43. The fourth-order valence-electron chi connectivity index (χ4n) is 9.43. The molecule has 3 heteroatoms. The molecule has 0 aliphatic heterocycles. The van der Waals surface area contributed by atoms with Crippen LogP contribution in [0.1, 0.15) is 11.1 Å². The number of aromatic nitrogens is 1. The summed E-state index contributed by atoms with van der Waals surface area (Å²) in [6.45, 7) is 0. The van der Waals surface area contributed by atoms with E-state index >= 15 is 0 Å². The van der Waals surface area contributed by atoms with Gasteiger partial charge in [-0.2, -0.15) is 0 Å². The first kappa shape index (κ1) is 34.2. The highest BCUT2D eigenvalue weighted by Crippen LogP contribution is 2.46. The summed E-state index contributed by atoms with van der Waals surface area (Å²) in [5.74, 6) is 0. The normalized spacial score (nSPS) is 11.7. The van der Waals surface area contributed by atoms with E-state index in [1.165, 1.54) is 65.6 Å². The molecule has 0 spiro atoms. The first-order valence-corrected chi connectivity index (χ1v) is 20.6. The Morgan fingerprint density at radius 3 is 1.92 bits per heavy atom. The second kappa shape index (κ2) is 13.9. The largest absolute Gasteiger partial charge is 0.454 e. The second-order valence-corrected chi connectivity index (χ2v) is 15.7. The lowest BCUT2D eigenvalue weighted by atomic mass is 9.97. The first-order valence-electron chi connectivity index (χ1n) is 20.6. The molecule has 0 atom stereocenters. The number of furan rings is 1. The molecule has 12 rings (SSSR count). The van der Waals surface area contributed by atoms with E-state index in [0.29, 0.717) is 0 Å². The van der Waals surface area contributed by atoms with E-state index in [4.69, 9.17) is 4.42 Å². The van der Waals surface area contributed by atoms with Crippen molar-refractivity contribution >= 4 is 82.4 Å². The zero-order chi connectivity index (χ0) is 39.6. The van der Waals surface area contributed by atoms with Crippen molar-refractivity contribution in [3.63, 3.8) is 0 Å². The minimum absolute atomic E-state index is 0.722. The van der Waals surface area contributed by atoms with Crippen molar-refractivity contribution in [1.82, 2.24) is 4.57 Å². The first-order chi connectivity index (χ1) is 29.7. The number of fused-ring (bicyclic) bond motifs is 9. The molecule has 0 unspecified atom stereocenters. The van der Waals surface area contributed by atoms with Gasteiger partial charge in [0, 0.05) is 38.6 Å². The highest BCUT2D eigenvalue weighted by Gasteiger charge is 2.23. The van der Waals surface area contributed by atoms with E-state index in [2.05, 4.69) is 228 Å². The van der Waals surface area contributed by atoms with Gasteiger partial charge in [0.15, 0.2) is 5.58 Å². The fraction of sp³-hybridized carbons (Fsp3) is 0.0175. The number of para-hydroxylation sites is 3. The molecule has 12 aromatic rings. The Kier molecular flexibility index (Phi) is 7.92. The van der Waals surface area contributed by atoms with E-state index < -0.39 is 0 Å². The summed E-state index contributed by atoms with van der Waals surface area (Å²) in [6.07, 6.45) is 0.722. The SMILES string of the molecule is c1ccc(-c2ccc(N(c3ccc4ccccc4c3)c3cc(Cc4cccc5c6ccccc6n(-c6ccccc6)c45)cc4c3oc3ccc5ccccc5c34)cc2)cc1.